The Hall–Kier alpha value is -0.0551. The number of rotatable bonds is 1. The second-order valence-corrected chi connectivity index (χ2v) is 1.27. The highest BCUT2D eigenvalue weighted by atomic mass is 16.4. The molecule has 0 unspecified atom stereocenters. The van der Waals surface area contributed by atoms with Crippen LogP contribution in [0.5, 0.6) is 0 Å². The molecule has 0 bridgehead atoms. The number of hydrogen-bond acceptors (Lipinski definition) is 3. The SMILES string of the molecule is C[C@@H](N)B(O)O. The summed E-state index contributed by atoms with van der Waals surface area (Å²) in [6, 6.07) is 0. The summed E-state index contributed by atoms with van der Waals surface area (Å²) in [6.07, 6.45) is 0. The minimum absolute atomic E-state index is 0.537. The lowest BCUT2D eigenvalue weighted by Gasteiger charge is -1.97. The van der Waals surface area contributed by atoms with Crippen LogP contribution in [-0.2, 0) is 0 Å². The fraction of sp³-hybridized carbons (Fsp3) is 1.00. The summed E-state index contributed by atoms with van der Waals surface area (Å²) in [7, 11) is -1.37. The molecule has 0 aliphatic rings. The molecule has 0 saturated heterocycles. The van der Waals surface area contributed by atoms with E-state index in [0.717, 1.165) is 0 Å². The minimum Gasteiger partial charge on any atom is -0.426 e. The highest BCUT2D eigenvalue weighted by Crippen LogP contribution is 1.71. The van der Waals surface area contributed by atoms with Gasteiger partial charge in [0.1, 0.15) is 0 Å². The van der Waals surface area contributed by atoms with E-state index in [4.69, 9.17) is 15.8 Å². The van der Waals surface area contributed by atoms with Crippen LogP contribution in [-0.4, -0.2) is 23.1 Å². The van der Waals surface area contributed by atoms with E-state index in [2.05, 4.69) is 0 Å². The molecule has 1 atom stereocenters. The Morgan fingerprint density at radius 2 is 1.83 bits per heavy atom. The fourth-order valence-electron chi connectivity index (χ4n) is 0. The van der Waals surface area contributed by atoms with Crippen LogP contribution in [0.4, 0.5) is 0 Å². The lowest BCUT2D eigenvalue weighted by atomic mass is 9.82. The van der Waals surface area contributed by atoms with Crippen LogP contribution in [0.15, 0.2) is 0 Å². The molecule has 0 heterocycles. The Morgan fingerprint density at radius 3 is 1.83 bits per heavy atom. The molecule has 0 rings (SSSR count). The van der Waals surface area contributed by atoms with E-state index in [0.29, 0.717) is 0 Å². The average molecular weight is 88.9 g/mol. The van der Waals surface area contributed by atoms with Crippen LogP contribution in [0, 0.1) is 0 Å². The van der Waals surface area contributed by atoms with Crippen molar-refractivity contribution in [2.45, 2.75) is 12.9 Å². The molecule has 0 aromatic rings. The lowest BCUT2D eigenvalue weighted by Crippen LogP contribution is -2.35. The van der Waals surface area contributed by atoms with Gasteiger partial charge in [0.15, 0.2) is 0 Å². The summed E-state index contributed by atoms with van der Waals surface area (Å²) in [6.45, 7) is 1.52. The van der Waals surface area contributed by atoms with Crippen LogP contribution >= 0.6 is 0 Å². The molecule has 0 aromatic carbocycles. The Balaban J connectivity index is 2.99. The van der Waals surface area contributed by atoms with Crippen molar-refractivity contribution in [3.8, 4) is 0 Å². The molecular weight excluding hydrogens is 80.8 g/mol. The molecule has 0 aliphatic carbocycles. The molecule has 0 aromatic heterocycles. The molecule has 6 heavy (non-hydrogen) atoms. The zero-order valence-corrected chi connectivity index (χ0v) is 3.63. The van der Waals surface area contributed by atoms with Gasteiger partial charge in [-0.25, -0.2) is 0 Å². The Kier molecular flexibility index (Phi) is 2.16. The van der Waals surface area contributed by atoms with Crippen molar-refractivity contribution in [2.75, 3.05) is 0 Å². The van der Waals surface area contributed by atoms with Gasteiger partial charge in [-0.2, -0.15) is 0 Å². The van der Waals surface area contributed by atoms with E-state index >= 15 is 0 Å². The fourth-order valence-corrected chi connectivity index (χ4v) is 0. The molecule has 0 saturated carbocycles. The van der Waals surface area contributed by atoms with Crippen molar-refractivity contribution in [1.29, 1.82) is 0 Å². The normalized spacial score (nSPS) is 14.0. The summed E-state index contributed by atoms with van der Waals surface area (Å²) in [4.78, 5) is 0. The highest BCUT2D eigenvalue weighted by molar-refractivity contribution is 6.42. The zero-order valence-electron chi connectivity index (χ0n) is 3.63. The first-order valence-electron chi connectivity index (χ1n) is 1.76. The van der Waals surface area contributed by atoms with Crippen molar-refractivity contribution in [3.05, 3.63) is 0 Å². The van der Waals surface area contributed by atoms with Gasteiger partial charge in [-0.3, -0.25) is 0 Å². The maximum atomic E-state index is 8.06. The van der Waals surface area contributed by atoms with Gasteiger partial charge in [-0.05, 0) is 0 Å². The van der Waals surface area contributed by atoms with Crippen molar-refractivity contribution in [3.63, 3.8) is 0 Å². The van der Waals surface area contributed by atoms with Gasteiger partial charge < -0.3 is 15.8 Å². The summed E-state index contributed by atoms with van der Waals surface area (Å²) in [5, 5.41) is 16.1. The van der Waals surface area contributed by atoms with E-state index < -0.39 is 13.1 Å². The van der Waals surface area contributed by atoms with Crippen molar-refractivity contribution < 1.29 is 10.0 Å². The first-order valence-corrected chi connectivity index (χ1v) is 1.76. The summed E-state index contributed by atoms with van der Waals surface area (Å²) < 4.78 is 0. The molecule has 4 heteroatoms. The second-order valence-electron chi connectivity index (χ2n) is 1.27. The Labute approximate surface area is 36.9 Å². The van der Waals surface area contributed by atoms with Crippen molar-refractivity contribution in [1.82, 2.24) is 0 Å². The first kappa shape index (κ1) is 5.94. The monoisotopic (exact) mass is 89.1 g/mol. The van der Waals surface area contributed by atoms with Crippen molar-refractivity contribution >= 4 is 7.12 Å². The average Bonchev–Trinajstić information content (AvgIpc) is 1.36. The largest absolute Gasteiger partial charge is 0.469 e. The summed E-state index contributed by atoms with van der Waals surface area (Å²) >= 11 is 0. The molecule has 3 nitrogen and oxygen atoms in total. The maximum Gasteiger partial charge on any atom is 0.469 e. The van der Waals surface area contributed by atoms with Gasteiger partial charge >= 0.3 is 7.12 Å². The standard InChI is InChI=1S/C2H8BNO2/c1-2(4)3(5)6/h2,5-6H,4H2,1H3/t2-/m1/s1. The van der Waals surface area contributed by atoms with E-state index in [1.165, 1.54) is 6.92 Å². The predicted molar refractivity (Wildman–Crippen MR) is 23.8 cm³/mol. The van der Waals surface area contributed by atoms with Gasteiger partial charge in [0.25, 0.3) is 0 Å². The van der Waals surface area contributed by atoms with E-state index in [1.54, 1.807) is 0 Å². The third-order valence-corrected chi connectivity index (χ3v) is 0.470. The molecule has 0 aliphatic heterocycles. The van der Waals surface area contributed by atoms with E-state index in [-0.39, 0.29) is 0 Å². The van der Waals surface area contributed by atoms with Gasteiger partial charge in [-0.15, -0.1) is 0 Å². The molecule has 4 N–H and O–H groups in total. The highest BCUT2D eigenvalue weighted by Gasteiger charge is 2.10. The molecule has 0 spiro atoms. The van der Waals surface area contributed by atoms with Gasteiger partial charge in [0.2, 0.25) is 0 Å². The smallest absolute Gasteiger partial charge is 0.426 e. The van der Waals surface area contributed by atoms with Crippen LogP contribution in [0.1, 0.15) is 6.92 Å². The van der Waals surface area contributed by atoms with Crippen LogP contribution in [0.25, 0.3) is 0 Å². The molecule has 0 amide bonds. The van der Waals surface area contributed by atoms with Gasteiger partial charge in [-0.1, -0.05) is 6.92 Å². The first-order chi connectivity index (χ1) is 2.64. The van der Waals surface area contributed by atoms with Gasteiger partial charge in [0, 0.05) is 5.94 Å². The Morgan fingerprint density at radius 1 is 1.67 bits per heavy atom. The lowest BCUT2D eigenvalue weighted by molar-refractivity contribution is 0.391. The molecule has 0 radical (unpaired) electrons. The predicted octanol–water partition coefficient (Wildman–Crippen LogP) is -1.65. The third kappa shape index (κ3) is 2.20. The summed E-state index contributed by atoms with van der Waals surface area (Å²) in [5.74, 6) is -0.537. The van der Waals surface area contributed by atoms with Gasteiger partial charge in [0.05, 0.1) is 0 Å². The number of hydrogen-bond donors (Lipinski definition) is 3. The topological polar surface area (TPSA) is 66.5 Å². The Bertz CT molecular complexity index is 32.5. The quantitative estimate of drug-likeness (QED) is 0.337. The zero-order chi connectivity index (χ0) is 5.15. The van der Waals surface area contributed by atoms with Crippen LogP contribution in [0.3, 0.4) is 0 Å². The maximum absolute atomic E-state index is 8.06. The van der Waals surface area contributed by atoms with Crippen LogP contribution < -0.4 is 5.73 Å². The van der Waals surface area contributed by atoms with E-state index in [9.17, 15) is 0 Å². The molecule has 36 valence electrons. The summed E-state index contributed by atoms with van der Waals surface area (Å²) in [5.41, 5.74) is 4.94. The molecule has 0 fully saturated rings. The van der Waals surface area contributed by atoms with E-state index in [1.807, 2.05) is 0 Å². The molecular formula is C2H8BNO2. The van der Waals surface area contributed by atoms with Crippen molar-refractivity contribution in [2.24, 2.45) is 5.73 Å². The second kappa shape index (κ2) is 2.18. The van der Waals surface area contributed by atoms with Crippen LogP contribution in [0.2, 0.25) is 0 Å². The third-order valence-electron chi connectivity index (χ3n) is 0.470. The minimum atomic E-state index is -1.37. The number of nitrogens with two attached hydrogens (primary N) is 1.